The van der Waals surface area contributed by atoms with Gasteiger partial charge in [0.1, 0.15) is 12.7 Å². The third kappa shape index (κ3) is 4.94. The molecule has 0 amide bonds. The lowest BCUT2D eigenvalue weighted by Gasteiger charge is -2.40. The molecule has 21 heavy (non-hydrogen) atoms. The van der Waals surface area contributed by atoms with Crippen LogP contribution in [0.2, 0.25) is 0 Å². The molecule has 0 aromatic heterocycles. The number of ether oxygens (including phenoxy) is 4. The average Bonchev–Trinajstić information content (AvgIpc) is 2.35. The molecule has 0 aliphatic carbocycles. The number of carbonyl (C=O) groups excluding carboxylic acids is 3. The van der Waals surface area contributed by atoms with Crippen LogP contribution in [0.3, 0.4) is 0 Å². The van der Waals surface area contributed by atoms with Crippen LogP contribution in [0.25, 0.3) is 0 Å². The van der Waals surface area contributed by atoms with Crippen molar-refractivity contribution in [2.24, 2.45) is 0 Å². The second kappa shape index (κ2) is 7.32. The van der Waals surface area contributed by atoms with Gasteiger partial charge in [0.2, 0.25) is 0 Å². The normalized spacial score (nSPS) is 32.1. The predicted molar refractivity (Wildman–Crippen MR) is 63.5 cm³/mol. The Hall–Kier alpha value is -1.74. The van der Waals surface area contributed by atoms with Crippen molar-refractivity contribution in [3.05, 3.63) is 0 Å². The van der Waals surface area contributed by atoms with E-state index in [0.717, 1.165) is 20.8 Å². The first-order valence-corrected chi connectivity index (χ1v) is 6.17. The molecule has 0 aromatic rings. The number of aliphatic hydroxyl groups is 1. The molecular weight excluding hydrogens is 291 g/mol. The van der Waals surface area contributed by atoms with Crippen LogP contribution in [-0.4, -0.2) is 60.4 Å². The molecule has 1 aliphatic rings. The summed E-state index contributed by atoms with van der Waals surface area (Å²) in [5.74, 6) is -2.22. The smallest absolute Gasteiger partial charge is 0.303 e. The molecule has 1 fully saturated rings. The SMILES string of the molecule is CC(=O)OC[C@H]1OC(O)[C@@H](F)[C@H](OC(C)=O)[C@@H]1OC(C)=O. The Morgan fingerprint density at radius 2 is 1.57 bits per heavy atom. The summed E-state index contributed by atoms with van der Waals surface area (Å²) in [7, 11) is 0. The van der Waals surface area contributed by atoms with Crippen LogP contribution in [0.15, 0.2) is 0 Å². The summed E-state index contributed by atoms with van der Waals surface area (Å²) >= 11 is 0. The molecule has 5 atom stereocenters. The number of halogens is 1. The van der Waals surface area contributed by atoms with Crippen LogP contribution >= 0.6 is 0 Å². The summed E-state index contributed by atoms with van der Waals surface area (Å²) in [6.45, 7) is 2.86. The molecule has 1 heterocycles. The van der Waals surface area contributed by atoms with Gasteiger partial charge in [-0.3, -0.25) is 14.4 Å². The van der Waals surface area contributed by atoms with Crippen molar-refractivity contribution < 1.29 is 42.8 Å². The number of aliphatic hydroxyl groups excluding tert-OH is 1. The molecule has 0 aromatic carbocycles. The lowest BCUT2D eigenvalue weighted by atomic mass is 9.99. The minimum Gasteiger partial charge on any atom is -0.463 e. The maximum Gasteiger partial charge on any atom is 0.303 e. The summed E-state index contributed by atoms with van der Waals surface area (Å²) in [6, 6.07) is 0. The first-order valence-electron chi connectivity index (χ1n) is 6.17. The lowest BCUT2D eigenvalue weighted by molar-refractivity contribution is -0.279. The van der Waals surface area contributed by atoms with E-state index in [1.54, 1.807) is 0 Å². The Morgan fingerprint density at radius 3 is 2.05 bits per heavy atom. The highest BCUT2D eigenvalue weighted by Crippen LogP contribution is 2.27. The van der Waals surface area contributed by atoms with Crippen LogP contribution in [0.1, 0.15) is 20.8 Å². The van der Waals surface area contributed by atoms with Gasteiger partial charge >= 0.3 is 17.9 Å². The van der Waals surface area contributed by atoms with Crippen LogP contribution in [0.4, 0.5) is 4.39 Å². The van der Waals surface area contributed by atoms with Gasteiger partial charge in [-0.1, -0.05) is 0 Å². The number of esters is 3. The highest BCUT2D eigenvalue weighted by molar-refractivity contribution is 5.67. The van der Waals surface area contributed by atoms with E-state index in [1.165, 1.54) is 0 Å². The Bertz CT molecular complexity index is 412. The first kappa shape index (κ1) is 17.3. The molecule has 1 N–H and O–H groups in total. The number of rotatable bonds is 4. The van der Waals surface area contributed by atoms with Crippen molar-refractivity contribution in [2.45, 2.75) is 51.5 Å². The van der Waals surface area contributed by atoms with E-state index in [1.807, 2.05) is 0 Å². The van der Waals surface area contributed by atoms with Crippen LogP contribution in [-0.2, 0) is 33.3 Å². The summed E-state index contributed by atoms with van der Waals surface area (Å²) < 4.78 is 33.2. The molecule has 0 spiro atoms. The van der Waals surface area contributed by atoms with Gasteiger partial charge in [0, 0.05) is 20.8 Å². The van der Waals surface area contributed by atoms with E-state index in [2.05, 4.69) is 0 Å². The molecule has 0 radical (unpaired) electrons. The van der Waals surface area contributed by atoms with Crippen LogP contribution in [0, 0.1) is 0 Å². The standard InChI is InChI=1S/C12H17FO8/c1-5(14)18-4-8-10(19-6(2)15)11(20-7(3)16)9(13)12(17)21-8/h8-12,17H,4H2,1-3H3/t8-,9+,10-,11+,12?/m1/s1. The van der Waals surface area contributed by atoms with E-state index < -0.39 is 55.3 Å². The maximum atomic E-state index is 13.9. The van der Waals surface area contributed by atoms with Gasteiger partial charge in [0.25, 0.3) is 0 Å². The molecule has 1 rings (SSSR count). The quantitative estimate of drug-likeness (QED) is 0.545. The van der Waals surface area contributed by atoms with Gasteiger partial charge in [0.05, 0.1) is 0 Å². The molecule has 0 saturated carbocycles. The molecule has 0 bridgehead atoms. The topological polar surface area (TPSA) is 108 Å². The highest BCUT2D eigenvalue weighted by Gasteiger charge is 2.50. The predicted octanol–water partition coefficient (Wildman–Crippen LogP) is -0.532. The Kier molecular flexibility index (Phi) is 6.03. The number of carbonyl (C=O) groups is 3. The molecule has 8 nitrogen and oxygen atoms in total. The monoisotopic (exact) mass is 308 g/mol. The van der Waals surface area contributed by atoms with Crippen molar-refractivity contribution >= 4 is 17.9 Å². The second-order valence-electron chi connectivity index (χ2n) is 4.46. The fourth-order valence-corrected chi connectivity index (χ4v) is 1.88. The highest BCUT2D eigenvalue weighted by atomic mass is 19.1. The Morgan fingerprint density at radius 1 is 1.05 bits per heavy atom. The second-order valence-corrected chi connectivity index (χ2v) is 4.46. The Labute approximate surface area is 120 Å². The zero-order chi connectivity index (χ0) is 16.2. The fourth-order valence-electron chi connectivity index (χ4n) is 1.88. The fraction of sp³-hybridized carbons (Fsp3) is 0.750. The molecular formula is C12H17FO8. The van der Waals surface area contributed by atoms with Crippen LogP contribution < -0.4 is 0 Å². The number of hydrogen-bond donors (Lipinski definition) is 1. The van der Waals surface area contributed by atoms with Crippen molar-refractivity contribution in [1.82, 2.24) is 0 Å². The van der Waals surface area contributed by atoms with Gasteiger partial charge in [-0.05, 0) is 0 Å². The van der Waals surface area contributed by atoms with Crippen molar-refractivity contribution in [1.29, 1.82) is 0 Å². The van der Waals surface area contributed by atoms with Gasteiger partial charge < -0.3 is 24.1 Å². The number of alkyl halides is 1. The largest absolute Gasteiger partial charge is 0.463 e. The lowest BCUT2D eigenvalue weighted by Crippen LogP contribution is -2.59. The van der Waals surface area contributed by atoms with Crippen molar-refractivity contribution in [3.63, 3.8) is 0 Å². The van der Waals surface area contributed by atoms with E-state index in [-0.39, 0.29) is 0 Å². The summed E-state index contributed by atoms with van der Waals surface area (Å²) in [5, 5.41) is 9.48. The number of hydrogen-bond acceptors (Lipinski definition) is 8. The molecule has 1 aliphatic heterocycles. The van der Waals surface area contributed by atoms with E-state index >= 15 is 0 Å². The minimum absolute atomic E-state index is 0.394. The third-order valence-corrected chi connectivity index (χ3v) is 2.65. The van der Waals surface area contributed by atoms with Gasteiger partial charge in [-0.15, -0.1) is 0 Å². The molecule has 9 heteroatoms. The third-order valence-electron chi connectivity index (χ3n) is 2.65. The minimum atomic E-state index is -2.10. The average molecular weight is 308 g/mol. The maximum absolute atomic E-state index is 13.9. The van der Waals surface area contributed by atoms with Crippen molar-refractivity contribution in [2.75, 3.05) is 6.61 Å². The van der Waals surface area contributed by atoms with Crippen molar-refractivity contribution in [3.8, 4) is 0 Å². The zero-order valence-electron chi connectivity index (χ0n) is 11.8. The molecule has 1 unspecified atom stereocenters. The Balaban J connectivity index is 2.94. The van der Waals surface area contributed by atoms with Crippen LogP contribution in [0.5, 0.6) is 0 Å². The first-order chi connectivity index (χ1) is 9.72. The zero-order valence-corrected chi connectivity index (χ0v) is 11.8. The molecule has 120 valence electrons. The summed E-state index contributed by atoms with van der Waals surface area (Å²) in [5.41, 5.74) is 0. The van der Waals surface area contributed by atoms with Gasteiger partial charge in [-0.2, -0.15) is 0 Å². The van der Waals surface area contributed by atoms with E-state index in [4.69, 9.17) is 18.9 Å². The van der Waals surface area contributed by atoms with Gasteiger partial charge in [-0.25, -0.2) is 4.39 Å². The summed E-state index contributed by atoms with van der Waals surface area (Å²) in [4.78, 5) is 32.9. The molecule has 1 saturated heterocycles. The van der Waals surface area contributed by atoms with E-state index in [0.29, 0.717) is 0 Å². The van der Waals surface area contributed by atoms with E-state index in [9.17, 15) is 23.9 Å². The summed E-state index contributed by atoms with van der Waals surface area (Å²) in [6.07, 6.45) is -8.07. The van der Waals surface area contributed by atoms with Gasteiger partial charge in [0.15, 0.2) is 24.7 Å².